The monoisotopic (exact) mass is 284 g/mol. The minimum Gasteiger partial charge on any atom is -0.376 e. The molecule has 6 heteroatoms. The summed E-state index contributed by atoms with van der Waals surface area (Å²) in [6.07, 6.45) is 1.77. The third-order valence-corrected chi connectivity index (χ3v) is 3.78. The van der Waals surface area contributed by atoms with Crippen LogP contribution in [0.1, 0.15) is 0 Å². The van der Waals surface area contributed by atoms with Crippen molar-refractivity contribution in [3.05, 3.63) is 30.5 Å². The fraction of sp³-hybridized carbons (Fsp3) is 0.333. The molecule has 3 heterocycles. The average Bonchev–Trinajstić information content (AvgIpc) is 2.85. The van der Waals surface area contributed by atoms with Gasteiger partial charge < -0.3 is 19.8 Å². The molecule has 0 saturated carbocycles. The maximum Gasteiger partial charge on any atom is 0.201 e. The highest BCUT2D eigenvalue weighted by Crippen LogP contribution is 2.26. The number of nitrogens with zero attached hydrogens (tertiary/aromatic N) is 3. The third-order valence-electron chi connectivity index (χ3n) is 3.78. The molecule has 0 aliphatic carbocycles. The topological polar surface area (TPSA) is 75.2 Å². The van der Waals surface area contributed by atoms with Gasteiger partial charge in [0.05, 0.1) is 49.7 Å². The highest BCUT2D eigenvalue weighted by atomic mass is 16.6. The Kier molecular flexibility index (Phi) is 2.98. The normalized spacial score (nSPS) is 19.3. The second kappa shape index (κ2) is 4.98. The van der Waals surface area contributed by atoms with Crippen LogP contribution >= 0.6 is 0 Å². The highest BCUT2D eigenvalue weighted by Gasteiger charge is 2.19. The third kappa shape index (κ3) is 2.12. The van der Waals surface area contributed by atoms with Crippen LogP contribution in [0, 0.1) is 0 Å². The van der Waals surface area contributed by atoms with Crippen LogP contribution in [0.2, 0.25) is 0 Å². The minimum absolute atomic E-state index is 0.00498. The second-order valence-corrected chi connectivity index (χ2v) is 5.16. The predicted molar refractivity (Wildman–Crippen MR) is 80.0 cm³/mol. The van der Waals surface area contributed by atoms with Gasteiger partial charge in [0.15, 0.2) is 0 Å². The largest absolute Gasteiger partial charge is 0.376 e. The van der Waals surface area contributed by atoms with E-state index in [4.69, 9.17) is 15.2 Å². The SMILES string of the molecule is Nc1nc2cnc3ccccc3c2n1CC1COCCO1. The Morgan fingerprint density at radius 2 is 2.14 bits per heavy atom. The first kappa shape index (κ1) is 12.6. The summed E-state index contributed by atoms with van der Waals surface area (Å²) in [5.74, 6) is 0.484. The van der Waals surface area contributed by atoms with Crippen molar-refractivity contribution in [2.75, 3.05) is 25.6 Å². The molecule has 1 unspecified atom stereocenters. The van der Waals surface area contributed by atoms with Crippen molar-refractivity contribution < 1.29 is 9.47 Å². The number of ether oxygens (including phenoxy) is 2. The molecule has 108 valence electrons. The van der Waals surface area contributed by atoms with Gasteiger partial charge in [0.2, 0.25) is 5.95 Å². The van der Waals surface area contributed by atoms with Crippen LogP contribution in [0.15, 0.2) is 30.5 Å². The maximum absolute atomic E-state index is 6.09. The molecule has 1 aliphatic rings. The highest BCUT2D eigenvalue weighted by molar-refractivity contribution is 6.02. The molecule has 2 N–H and O–H groups in total. The molecule has 4 rings (SSSR count). The molecule has 1 fully saturated rings. The zero-order chi connectivity index (χ0) is 14.2. The molecule has 2 aromatic heterocycles. The van der Waals surface area contributed by atoms with E-state index in [0.717, 1.165) is 21.9 Å². The lowest BCUT2D eigenvalue weighted by Crippen LogP contribution is -2.32. The van der Waals surface area contributed by atoms with Gasteiger partial charge in [-0.1, -0.05) is 18.2 Å². The number of anilines is 1. The fourth-order valence-electron chi connectivity index (χ4n) is 2.81. The Balaban J connectivity index is 1.86. The smallest absolute Gasteiger partial charge is 0.201 e. The van der Waals surface area contributed by atoms with E-state index in [1.54, 1.807) is 6.20 Å². The van der Waals surface area contributed by atoms with Crippen LogP contribution in [0.3, 0.4) is 0 Å². The van der Waals surface area contributed by atoms with Crippen LogP contribution in [-0.2, 0) is 16.0 Å². The van der Waals surface area contributed by atoms with E-state index in [9.17, 15) is 0 Å². The van der Waals surface area contributed by atoms with Crippen molar-refractivity contribution in [3.8, 4) is 0 Å². The first-order valence-corrected chi connectivity index (χ1v) is 7.02. The van der Waals surface area contributed by atoms with Crippen LogP contribution in [0.4, 0.5) is 5.95 Å². The Hall–Kier alpha value is -2.18. The van der Waals surface area contributed by atoms with Crippen LogP contribution in [-0.4, -0.2) is 40.5 Å². The molecule has 0 bridgehead atoms. The van der Waals surface area contributed by atoms with Gasteiger partial charge in [0, 0.05) is 5.39 Å². The standard InChI is InChI=1S/C15H16N4O2/c16-15-18-13-7-17-12-4-2-1-3-11(12)14(13)19(15)8-10-9-20-5-6-21-10/h1-4,7,10H,5-6,8-9H2,(H2,16,18). The minimum atomic E-state index is 0.00498. The van der Waals surface area contributed by atoms with Gasteiger partial charge >= 0.3 is 0 Å². The number of nitrogen functional groups attached to an aromatic ring is 1. The summed E-state index contributed by atoms with van der Waals surface area (Å²) in [6.45, 7) is 2.50. The maximum atomic E-state index is 6.09. The van der Waals surface area contributed by atoms with Gasteiger partial charge in [-0.15, -0.1) is 0 Å². The summed E-state index contributed by atoms with van der Waals surface area (Å²) in [5, 5.41) is 1.05. The van der Waals surface area contributed by atoms with Crippen molar-refractivity contribution in [1.82, 2.24) is 14.5 Å². The number of hydrogen-bond acceptors (Lipinski definition) is 5. The van der Waals surface area contributed by atoms with Gasteiger partial charge in [0.1, 0.15) is 5.52 Å². The molecule has 1 aromatic carbocycles. The Morgan fingerprint density at radius 3 is 3.00 bits per heavy atom. The van der Waals surface area contributed by atoms with Crippen LogP contribution in [0.25, 0.3) is 21.9 Å². The van der Waals surface area contributed by atoms with E-state index in [0.29, 0.717) is 32.3 Å². The summed E-state index contributed by atoms with van der Waals surface area (Å²) in [4.78, 5) is 8.83. The summed E-state index contributed by atoms with van der Waals surface area (Å²) in [5.41, 5.74) is 8.84. The summed E-state index contributed by atoms with van der Waals surface area (Å²) >= 11 is 0. The zero-order valence-electron chi connectivity index (χ0n) is 11.5. The number of nitrogens with two attached hydrogens (primary N) is 1. The Labute approximate surface area is 121 Å². The van der Waals surface area contributed by atoms with Gasteiger partial charge in [0.25, 0.3) is 0 Å². The number of aromatic nitrogens is 3. The van der Waals surface area contributed by atoms with E-state index in [1.165, 1.54) is 0 Å². The molecular formula is C15H16N4O2. The lowest BCUT2D eigenvalue weighted by Gasteiger charge is -2.24. The lowest BCUT2D eigenvalue weighted by atomic mass is 10.2. The quantitative estimate of drug-likeness (QED) is 0.773. The molecule has 1 aliphatic heterocycles. The van der Waals surface area contributed by atoms with E-state index >= 15 is 0 Å². The molecule has 0 radical (unpaired) electrons. The Bertz CT molecular complexity index is 793. The number of imidazole rings is 1. The molecule has 1 atom stereocenters. The first-order chi connectivity index (χ1) is 10.3. The molecule has 0 amide bonds. The van der Waals surface area contributed by atoms with E-state index in [1.807, 2.05) is 28.8 Å². The van der Waals surface area contributed by atoms with E-state index in [2.05, 4.69) is 9.97 Å². The molecule has 6 nitrogen and oxygen atoms in total. The molecule has 3 aromatic rings. The van der Waals surface area contributed by atoms with Crippen molar-refractivity contribution in [2.45, 2.75) is 12.6 Å². The fourth-order valence-corrected chi connectivity index (χ4v) is 2.81. The summed E-state index contributed by atoms with van der Waals surface area (Å²) in [6, 6.07) is 8.00. The van der Waals surface area contributed by atoms with Gasteiger partial charge in [-0.3, -0.25) is 4.98 Å². The summed E-state index contributed by atoms with van der Waals surface area (Å²) < 4.78 is 13.2. The number of para-hydroxylation sites is 1. The van der Waals surface area contributed by atoms with Crippen molar-refractivity contribution in [2.24, 2.45) is 0 Å². The second-order valence-electron chi connectivity index (χ2n) is 5.16. The lowest BCUT2D eigenvalue weighted by molar-refractivity contribution is -0.0930. The van der Waals surface area contributed by atoms with Crippen LogP contribution < -0.4 is 5.73 Å². The number of rotatable bonds is 2. The zero-order valence-corrected chi connectivity index (χ0v) is 11.5. The first-order valence-electron chi connectivity index (χ1n) is 7.02. The molecule has 0 spiro atoms. The molecular weight excluding hydrogens is 268 g/mol. The number of hydrogen-bond donors (Lipinski definition) is 1. The number of fused-ring (bicyclic) bond motifs is 3. The number of pyridine rings is 1. The van der Waals surface area contributed by atoms with Gasteiger partial charge in [-0.25, -0.2) is 4.98 Å². The number of benzene rings is 1. The van der Waals surface area contributed by atoms with Crippen molar-refractivity contribution in [1.29, 1.82) is 0 Å². The van der Waals surface area contributed by atoms with Crippen molar-refractivity contribution in [3.63, 3.8) is 0 Å². The van der Waals surface area contributed by atoms with E-state index in [-0.39, 0.29) is 6.10 Å². The van der Waals surface area contributed by atoms with Crippen LogP contribution in [0.5, 0.6) is 0 Å². The molecule has 21 heavy (non-hydrogen) atoms. The van der Waals surface area contributed by atoms with E-state index < -0.39 is 0 Å². The van der Waals surface area contributed by atoms with Gasteiger partial charge in [-0.2, -0.15) is 0 Å². The molecule has 1 saturated heterocycles. The van der Waals surface area contributed by atoms with Gasteiger partial charge in [-0.05, 0) is 6.07 Å². The summed E-state index contributed by atoms with van der Waals surface area (Å²) in [7, 11) is 0. The van der Waals surface area contributed by atoms with Crippen molar-refractivity contribution >= 4 is 27.9 Å². The Morgan fingerprint density at radius 1 is 1.24 bits per heavy atom. The average molecular weight is 284 g/mol. The predicted octanol–water partition coefficient (Wildman–Crippen LogP) is 1.58.